The highest BCUT2D eigenvalue weighted by molar-refractivity contribution is 5.77. The Morgan fingerprint density at radius 3 is 2.52 bits per heavy atom. The molecule has 1 saturated heterocycles. The van der Waals surface area contributed by atoms with Crippen molar-refractivity contribution in [1.82, 2.24) is 10.3 Å². The Morgan fingerprint density at radius 2 is 1.81 bits per heavy atom. The van der Waals surface area contributed by atoms with Crippen LogP contribution in [0.25, 0.3) is 22.7 Å². The molecule has 1 fully saturated rings. The Morgan fingerprint density at radius 1 is 1.06 bits per heavy atom. The smallest absolute Gasteiger partial charge is 0.258 e. The molecule has 31 heavy (non-hydrogen) atoms. The maximum absolute atomic E-state index is 12.0. The van der Waals surface area contributed by atoms with Crippen molar-refractivity contribution in [3.63, 3.8) is 0 Å². The summed E-state index contributed by atoms with van der Waals surface area (Å²) >= 11 is 0. The standard InChI is InChI=1S/C25H28N2O4/c1-17-6-8-19(9-7-17)24-18(2)31-25(27-24)20-10-12-21(13-11-20)30-16-23(28)26-15-22-5-3-4-14-29-22/h6-13,22H,3-5,14-16H2,1-2H3,(H,26,28). The quantitative estimate of drug-likeness (QED) is 0.600. The number of carbonyl (C=O) groups is 1. The van der Waals surface area contributed by atoms with Gasteiger partial charge in [-0.1, -0.05) is 29.8 Å². The van der Waals surface area contributed by atoms with E-state index in [1.165, 1.54) is 5.56 Å². The van der Waals surface area contributed by atoms with E-state index >= 15 is 0 Å². The molecule has 0 aliphatic carbocycles. The van der Waals surface area contributed by atoms with Gasteiger partial charge in [-0.3, -0.25) is 4.79 Å². The maximum Gasteiger partial charge on any atom is 0.258 e. The second-order valence-electron chi connectivity index (χ2n) is 7.90. The molecule has 1 aliphatic heterocycles. The minimum absolute atomic E-state index is 0.0260. The molecule has 1 atom stereocenters. The van der Waals surface area contributed by atoms with Crippen molar-refractivity contribution >= 4 is 5.91 Å². The third-order valence-corrected chi connectivity index (χ3v) is 5.39. The Balaban J connectivity index is 1.32. The van der Waals surface area contributed by atoms with Crippen molar-refractivity contribution in [1.29, 1.82) is 0 Å². The number of ether oxygens (including phenoxy) is 2. The lowest BCUT2D eigenvalue weighted by atomic mass is 10.1. The van der Waals surface area contributed by atoms with E-state index in [4.69, 9.17) is 13.9 Å². The Bertz CT molecular complexity index is 1000. The van der Waals surface area contributed by atoms with E-state index in [1.807, 2.05) is 43.3 Å². The van der Waals surface area contributed by atoms with E-state index in [1.54, 1.807) is 0 Å². The van der Waals surface area contributed by atoms with Crippen molar-refractivity contribution in [2.45, 2.75) is 39.2 Å². The molecule has 4 rings (SSSR count). The topological polar surface area (TPSA) is 73.6 Å². The van der Waals surface area contributed by atoms with E-state index in [-0.39, 0.29) is 18.6 Å². The van der Waals surface area contributed by atoms with Crippen molar-refractivity contribution in [3.8, 4) is 28.5 Å². The average Bonchev–Trinajstić information content (AvgIpc) is 3.19. The Kier molecular flexibility index (Phi) is 6.67. The summed E-state index contributed by atoms with van der Waals surface area (Å²) in [5.74, 6) is 1.81. The first-order chi connectivity index (χ1) is 15.1. The molecule has 6 heteroatoms. The number of hydrogen-bond donors (Lipinski definition) is 1. The van der Waals surface area contributed by atoms with Gasteiger partial charge in [0.2, 0.25) is 5.89 Å². The molecular formula is C25H28N2O4. The highest BCUT2D eigenvalue weighted by Gasteiger charge is 2.15. The largest absolute Gasteiger partial charge is 0.484 e. The number of amides is 1. The lowest BCUT2D eigenvalue weighted by molar-refractivity contribution is -0.124. The lowest BCUT2D eigenvalue weighted by Gasteiger charge is -2.22. The van der Waals surface area contributed by atoms with Crippen molar-refractivity contribution in [3.05, 3.63) is 59.9 Å². The molecule has 1 unspecified atom stereocenters. The molecule has 0 spiro atoms. The lowest BCUT2D eigenvalue weighted by Crippen LogP contribution is -2.37. The normalized spacial score (nSPS) is 16.1. The molecule has 0 bridgehead atoms. The highest BCUT2D eigenvalue weighted by Crippen LogP contribution is 2.29. The second-order valence-corrected chi connectivity index (χ2v) is 7.90. The van der Waals surface area contributed by atoms with E-state index < -0.39 is 0 Å². The summed E-state index contributed by atoms with van der Waals surface area (Å²) < 4.78 is 17.1. The van der Waals surface area contributed by atoms with E-state index in [0.29, 0.717) is 18.2 Å². The summed E-state index contributed by atoms with van der Waals surface area (Å²) in [4.78, 5) is 16.7. The molecule has 162 valence electrons. The van der Waals surface area contributed by atoms with Gasteiger partial charge in [-0.05, 0) is 57.4 Å². The predicted molar refractivity (Wildman–Crippen MR) is 119 cm³/mol. The van der Waals surface area contributed by atoms with Crippen LogP contribution in [0.15, 0.2) is 52.9 Å². The van der Waals surface area contributed by atoms with Gasteiger partial charge in [0.25, 0.3) is 5.91 Å². The van der Waals surface area contributed by atoms with Crippen LogP contribution in [0.5, 0.6) is 5.75 Å². The minimum atomic E-state index is -0.149. The third-order valence-electron chi connectivity index (χ3n) is 5.39. The fourth-order valence-corrected chi connectivity index (χ4v) is 3.59. The average molecular weight is 421 g/mol. The number of aryl methyl sites for hydroxylation is 2. The first kappa shape index (κ1) is 21.1. The van der Waals surface area contributed by atoms with Crippen LogP contribution in [0.1, 0.15) is 30.6 Å². The van der Waals surface area contributed by atoms with Crippen LogP contribution in [0.4, 0.5) is 0 Å². The van der Waals surface area contributed by atoms with Gasteiger partial charge in [-0.15, -0.1) is 0 Å². The number of carbonyl (C=O) groups excluding carboxylic acids is 1. The maximum atomic E-state index is 12.0. The zero-order valence-corrected chi connectivity index (χ0v) is 18.0. The minimum Gasteiger partial charge on any atom is -0.484 e. The van der Waals surface area contributed by atoms with E-state index in [0.717, 1.165) is 48.5 Å². The molecule has 1 N–H and O–H groups in total. The first-order valence-electron chi connectivity index (χ1n) is 10.7. The summed E-state index contributed by atoms with van der Waals surface area (Å²) in [6.45, 7) is 5.26. The fourth-order valence-electron chi connectivity index (χ4n) is 3.59. The monoisotopic (exact) mass is 420 g/mol. The first-order valence-corrected chi connectivity index (χ1v) is 10.7. The summed E-state index contributed by atoms with van der Waals surface area (Å²) in [6.07, 6.45) is 3.37. The van der Waals surface area contributed by atoms with Crippen LogP contribution in [0.3, 0.4) is 0 Å². The number of nitrogens with one attached hydrogen (secondary N) is 1. The van der Waals surface area contributed by atoms with E-state index in [9.17, 15) is 4.79 Å². The van der Waals surface area contributed by atoms with Crippen molar-refractivity contribution in [2.24, 2.45) is 0 Å². The van der Waals surface area contributed by atoms with Crippen molar-refractivity contribution < 1.29 is 18.7 Å². The molecule has 3 aromatic rings. The molecule has 2 heterocycles. The molecule has 0 saturated carbocycles. The van der Waals surface area contributed by atoms with Crippen molar-refractivity contribution in [2.75, 3.05) is 19.8 Å². The molecule has 0 radical (unpaired) electrons. The van der Waals surface area contributed by atoms with Gasteiger partial charge < -0.3 is 19.2 Å². The van der Waals surface area contributed by atoms with Gasteiger partial charge in [0.05, 0.1) is 6.10 Å². The van der Waals surface area contributed by atoms with Crippen LogP contribution >= 0.6 is 0 Å². The summed E-state index contributed by atoms with van der Waals surface area (Å²) in [5, 5.41) is 2.87. The van der Waals surface area contributed by atoms with Gasteiger partial charge in [0, 0.05) is 24.3 Å². The number of nitrogens with zero attached hydrogens (tertiary/aromatic N) is 1. The molecule has 2 aromatic carbocycles. The SMILES string of the molecule is Cc1ccc(-c2nc(-c3ccc(OCC(=O)NCC4CCCCO4)cc3)oc2C)cc1. The van der Waals surface area contributed by atoms with Gasteiger partial charge in [0.15, 0.2) is 6.61 Å². The number of aromatic nitrogens is 1. The molecule has 1 aliphatic rings. The zero-order chi connectivity index (χ0) is 21.6. The number of benzene rings is 2. The van der Waals surface area contributed by atoms with E-state index in [2.05, 4.69) is 29.4 Å². The summed E-state index contributed by atoms with van der Waals surface area (Å²) in [7, 11) is 0. The number of rotatable bonds is 7. The third kappa shape index (κ3) is 5.52. The van der Waals surface area contributed by atoms with Crippen LogP contribution in [-0.2, 0) is 9.53 Å². The second kappa shape index (κ2) is 9.79. The van der Waals surface area contributed by atoms with Gasteiger partial charge in [-0.25, -0.2) is 4.98 Å². The Labute approximate surface area is 182 Å². The highest BCUT2D eigenvalue weighted by atomic mass is 16.5. The molecule has 1 amide bonds. The van der Waals surface area contributed by atoms with Gasteiger partial charge in [-0.2, -0.15) is 0 Å². The Hall–Kier alpha value is -3.12. The van der Waals surface area contributed by atoms with Gasteiger partial charge >= 0.3 is 0 Å². The number of hydrogen-bond acceptors (Lipinski definition) is 5. The molecule has 6 nitrogen and oxygen atoms in total. The van der Waals surface area contributed by atoms with Gasteiger partial charge in [0.1, 0.15) is 17.2 Å². The van der Waals surface area contributed by atoms with Crippen LogP contribution in [0.2, 0.25) is 0 Å². The zero-order valence-electron chi connectivity index (χ0n) is 18.0. The molecule has 1 aromatic heterocycles. The fraction of sp³-hybridized carbons (Fsp3) is 0.360. The number of oxazole rings is 1. The van der Waals surface area contributed by atoms with Crippen LogP contribution in [0, 0.1) is 13.8 Å². The van der Waals surface area contributed by atoms with Crippen LogP contribution in [-0.4, -0.2) is 36.8 Å². The summed E-state index contributed by atoms with van der Waals surface area (Å²) in [6, 6.07) is 15.6. The molecular weight excluding hydrogens is 392 g/mol. The summed E-state index contributed by atoms with van der Waals surface area (Å²) in [5.41, 5.74) is 3.93. The van der Waals surface area contributed by atoms with Crippen LogP contribution < -0.4 is 10.1 Å². The predicted octanol–water partition coefficient (Wildman–Crippen LogP) is 4.69.